The van der Waals surface area contributed by atoms with Gasteiger partial charge >= 0.3 is 6.18 Å². The molecule has 0 saturated carbocycles. The molecule has 3 aromatic rings. The van der Waals surface area contributed by atoms with Gasteiger partial charge in [-0.15, -0.1) is 0 Å². The van der Waals surface area contributed by atoms with Gasteiger partial charge in [0.25, 0.3) is 0 Å². The van der Waals surface area contributed by atoms with Crippen molar-refractivity contribution < 1.29 is 23.0 Å². The number of fused-ring (bicyclic) bond motifs is 1. The number of imidazole rings is 1. The molecule has 4 nitrogen and oxygen atoms in total. The number of hydrogen-bond donors (Lipinski definition) is 1. The number of halogens is 4. The van der Waals surface area contributed by atoms with Gasteiger partial charge < -0.3 is 14.4 Å². The minimum absolute atomic E-state index is 0.234. The summed E-state index contributed by atoms with van der Waals surface area (Å²) in [7, 11) is 0. The second-order valence-electron chi connectivity index (χ2n) is 6.49. The summed E-state index contributed by atoms with van der Waals surface area (Å²) >= 11 is 6.11. The molecule has 1 saturated heterocycles. The Morgan fingerprint density at radius 3 is 2.62 bits per heavy atom. The quantitative estimate of drug-likeness (QED) is 0.740. The van der Waals surface area contributed by atoms with Crippen LogP contribution in [0.25, 0.3) is 22.2 Å². The topological polar surface area (TPSA) is 47.3 Å². The number of rotatable bonds is 3. The Bertz CT molecular complexity index is 980. The normalized spacial score (nSPS) is 16.7. The molecule has 1 N–H and O–H groups in total. The molecule has 0 spiro atoms. The molecule has 1 aliphatic rings. The zero-order valence-corrected chi connectivity index (χ0v) is 14.2. The molecule has 0 radical (unpaired) electrons. The number of aliphatic hydroxyl groups is 1. The molecule has 26 heavy (non-hydrogen) atoms. The molecule has 1 aromatic heterocycles. The minimum Gasteiger partial charge on any atom is -0.383 e. The number of ether oxygens (including phenoxy) is 1. The van der Waals surface area contributed by atoms with Crippen LogP contribution in [-0.2, 0) is 17.5 Å². The van der Waals surface area contributed by atoms with Gasteiger partial charge in [0.1, 0.15) is 5.60 Å². The molecule has 8 heteroatoms. The van der Waals surface area contributed by atoms with Crippen LogP contribution >= 0.6 is 11.6 Å². The Morgan fingerprint density at radius 2 is 1.96 bits per heavy atom. The van der Waals surface area contributed by atoms with Gasteiger partial charge in [-0.05, 0) is 35.9 Å². The van der Waals surface area contributed by atoms with E-state index in [2.05, 4.69) is 4.98 Å². The van der Waals surface area contributed by atoms with E-state index in [0.717, 1.165) is 17.6 Å². The molecule has 0 unspecified atom stereocenters. The molecule has 2 heterocycles. The number of benzene rings is 2. The van der Waals surface area contributed by atoms with E-state index in [1.54, 1.807) is 29.1 Å². The summed E-state index contributed by atoms with van der Waals surface area (Å²) in [6.07, 6.45) is -2.84. The summed E-state index contributed by atoms with van der Waals surface area (Å²) in [4.78, 5) is 4.29. The molecule has 0 aliphatic carbocycles. The van der Waals surface area contributed by atoms with Crippen LogP contribution < -0.4 is 0 Å². The number of aromatic nitrogens is 2. The number of alkyl halides is 3. The van der Waals surface area contributed by atoms with Crippen molar-refractivity contribution in [2.45, 2.75) is 18.3 Å². The fourth-order valence-corrected chi connectivity index (χ4v) is 3.25. The van der Waals surface area contributed by atoms with E-state index < -0.39 is 17.3 Å². The van der Waals surface area contributed by atoms with Crippen LogP contribution in [0, 0.1) is 0 Å². The van der Waals surface area contributed by atoms with Crippen molar-refractivity contribution in [1.29, 1.82) is 0 Å². The van der Waals surface area contributed by atoms with Crippen LogP contribution in [0.15, 0.2) is 42.7 Å². The summed E-state index contributed by atoms with van der Waals surface area (Å²) < 4.78 is 45.8. The SMILES string of the molecule is OC1(Cn2cnc3cc(-c4cc(C(F)(F)F)ccc4Cl)ccc32)COC1. The third kappa shape index (κ3) is 3.06. The van der Waals surface area contributed by atoms with Crippen LogP contribution in [0.4, 0.5) is 13.2 Å². The van der Waals surface area contributed by atoms with E-state index >= 15 is 0 Å². The predicted octanol–water partition coefficient (Wildman–Crippen LogP) is 4.14. The lowest BCUT2D eigenvalue weighted by Gasteiger charge is -2.36. The van der Waals surface area contributed by atoms with E-state index in [9.17, 15) is 18.3 Å². The first-order valence-corrected chi connectivity index (χ1v) is 8.25. The minimum atomic E-state index is -4.44. The van der Waals surface area contributed by atoms with Gasteiger partial charge in [0.15, 0.2) is 0 Å². The van der Waals surface area contributed by atoms with Gasteiger partial charge in [-0.25, -0.2) is 4.98 Å². The van der Waals surface area contributed by atoms with Crippen molar-refractivity contribution >= 4 is 22.6 Å². The summed E-state index contributed by atoms with van der Waals surface area (Å²) in [5, 5.41) is 10.5. The maximum absolute atomic E-state index is 13.0. The monoisotopic (exact) mass is 382 g/mol. The van der Waals surface area contributed by atoms with Crippen molar-refractivity contribution in [3.63, 3.8) is 0 Å². The van der Waals surface area contributed by atoms with Crippen molar-refractivity contribution in [2.75, 3.05) is 13.2 Å². The van der Waals surface area contributed by atoms with E-state index in [1.165, 1.54) is 6.07 Å². The van der Waals surface area contributed by atoms with Crippen LogP contribution in [0.5, 0.6) is 0 Å². The Morgan fingerprint density at radius 1 is 1.19 bits per heavy atom. The largest absolute Gasteiger partial charge is 0.416 e. The molecule has 1 aliphatic heterocycles. The highest BCUT2D eigenvalue weighted by Gasteiger charge is 2.36. The number of hydrogen-bond acceptors (Lipinski definition) is 3. The zero-order chi connectivity index (χ0) is 18.5. The van der Waals surface area contributed by atoms with Gasteiger partial charge in [-0.2, -0.15) is 13.2 Å². The second kappa shape index (κ2) is 5.97. The molecule has 0 atom stereocenters. The average molecular weight is 383 g/mol. The highest BCUT2D eigenvalue weighted by atomic mass is 35.5. The van der Waals surface area contributed by atoms with Crippen LogP contribution in [0.1, 0.15) is 5.56 Å². The molecule has 0 bridgehead atoms. The van der Waals surface area contributed by atoms with E-state index in [4.69, 9.17) is 16.3 Å². The summed E-state index contributed by atoms with van der Waals surface area (Å²) in [6, 6.07) is 8.39. The van der Waals surface area contributed by atoms with Crippen molar-refractivity contribution in [2.24, 2.45) is 0 Å². The molecule has 1 fully saturated rings. The van der Waals surface area contributed by atoms with Crippen LogP contribution in [0.3, 0.4) is 0 Å². The Kier molecular flexibility index (Phi) is 3.98. The second-order valence-corrected chi connectivity index (χ2v) is 6.89. The Labute approximate surface area is 151 Å². The molecule has 0 amide bonds. The smallest absolute Gasteiger partial charge is 0.383 e. The maximum Gasteiger partial charge on any atom is 0.416 e. The van der Waals surface area contributed by atoms with E-state index in [0.29, 0.717) is 23.2 Å². The first kappa shape index (κ1) is 17.3. The van der Waals surface area contributed by atoms with Crippen molar-refractivity contribution in [3.05, 3.63) is 53.3 Å². The van der Waals surface area contributed by atoms with E-state index in [1.807, 2.05) is 0 Å². The lowest BCUT2D eigenvalue weighted by Crippen LogP contribution is -2.52. The highest BCUT2D eigenvalue weighted by Crippen LogP contribution is 2.36. The lowest BCUT2D eigenvalue weighted by atomic mass is 10.0. The average Bonchev–Trinajstić information content (AvgIpc) is 2.95. The van der Waals surface area contributed by atoms with Crippen LogP contribution in [-0.4, -0.2) is 33.5 Å². The fraction of sp³-hybridized carbons (Fsp3) is 0.278. The Hall–Kier alpha value is -2.09. The van der Waals surface area contributed by atoms with Crippen LogP contribution in [0.2, 0.25) is 5.02 Å². The molecule has 4 rings (SSSR count). The lowest BCUT2D eigenvalue weighted by molar-refractivity contribution is -0.184. The van der Waals surface area contributed by atoms with Gasteiger partial charge in [-0.3, -0.25) is 0 Å². The standard InChI is InChI=1S/C18H14ClF3N2O2/c19-14-3-2-12(18(20,21)22)6-13(14)11-1-4-16-15(5-11)23-10-24(16)7-17(25)8-26-9-17/h1-6,10,25H,7-9H2. The van der Waals surface area contributed by atoms with E-state index in [-0.39, 0.29) is 18.2 Å². The molecule has 136 valence electrons. The van der Waals surface area contributed by atoms with Gasteiger partial charge in [0, 0.05) is 10.6 Å². The maximum atomic E-state index is 13.0. The Balaban J connectivity index is 1.72. The first-order valence-electron chi connectivity index (χ1n) is 7.87. The zero-order valence-electron chi connectivity index (χ0n) is 13.4. The summed E-state index contributed by atoms with van der Waals surface area (Å²) in [5.41, 5.74) is 0.566. The predicted molar refractivity (Wildman–Crippen MR) is 90.9 cm³/mol. The summed E-state index contributed by atoms with van der Waals surface area (Å²) in [6.45, 7) is 0.877. The summed E-state index contributed by atoms with van der Waals surface area (Å²) in [5.74, 6) is 0. The van der Waals surface area contributed by atoms with Gasteiger partial charge in [0.05, 0.1) is 42.7 Å². The van der Waals surface area contributed by atoms with Crippen molar-refractivity contribution in [1.82, 2.24) is 9.55 Å². The third-order valence-corrected chi connectivity index (χ3v) is 4.76. The molecular weight excluding hydrogens is 369 g/mol. The van der Waals surface area contributed by atoms with Crippen molar-refractivity contribution in [3.8, 4) is 11.1 Å². The number of nitrogens with zero attached hydrogens (tertiary/aromatic N) is 2. The molecule has 2 aromatic carbocycles. The first-order chi connectivity index (χ1) is 12.3. The highest BCUT2D eigenvalue weighted by molar-refractivity contribution is 6.33. The fourth-order valence-electron chi connectivity index (χ4n) is 3.03. The van der Waals surface area contributed by atoms with Gasteiger partial charge in [-0.1, -0.05) is 17.7 Å². The third-order valence-electron chi connectivity index (χ3n) is 4.43. The molecular formula is C18H14ClF3N2O2. The van der Waals surface area contributed by atoms with Gasteiger partial charge in [0.2, 0.25) is 0 Å².